The molecule has 2 aromatic carbocycles. The number of hydrogen-bond donors (Lipinski definition) is 0. The first-order chi connectivity index (χ1) is 10.0. The van der Waals surface area contributed by atoms with E-state index in [-0.39, 0.29) is 5.56 Å². The summed E-state index contributed by atoms with van der Waals surface area (Å²) in [5.74, 6) is -0.952. The van der Waals surface area contributed by atoms with Crippen molar-refractivity contribution in [3.8, 4) is 0 Å². The molecule has 112 valence electrons. The summed E-state index contributed by atoms with van der Waals surface area (Å²) in [6, 6.07) is 11.4. The lowest BCUT2D eigenvalue weighted by Crippen LogP contribution is -2.27. The average Bonchev–Trinajstić information content (AvgIpc) is 2.47. The zero-order chi connectivity index (χ0) is 15.4. The van der Waals surface area contributed by atoms with Crippen molar-refractivity contribution in [1.82, 2.24) is 0 Å². The van der Waals surface area contributed by atoms with Crippen LogP contribution in [0.3, 0.4) is 0 Å². The second-order valence-corrected chi connectivity index (χ2v) is 5.54. The molecule has 2 aromatic rings. The Balaban J connectivity index is 2.20. The molecule has 0 saturated heterocycles. The molecule has 1 atom stereocenters. The predicted molar refractivity (Wildman–Crippen MR) is 84.0 cm³/mol. The van der Waals surface area contributed by atoms with Crippen LogP contribution in [0.15, 0.2) is 42.5 Å². The van der Waals surface area contributed by atoms with E-state index in [2.05, 4.69) is 11.0 Å². The maximum Gasteiger partial charge on any atom is 0.128 e. The highest BCUT2D eigenvalue weighted by Crippen LogP contribution is 2.27. The number of rotatable bonds is 5. The number of benzene rings is 2. The highest BCUT2D eigenvalue weighted by atomic mass is 35.5. The Hall–Kier alpha value is -1.61. The summed E-state index contributed by atoms with van der Waals surface area (Å²) in [7, 11) is 0. The molecule has 1 nitrogen and oxygen atoms in total. The molecule has 21 heavy (non-hydrogen) atoms. The standard InChI is InChI=1S/C17H18ClF2N/c1-3-21(14-6-4-5-12(2)9-14)11-16(18)15-10-13(19)7-8-17(15)20/h4-10,16H,3,11H2,1-2H3. The Bertz CT molecular complexity index is 615. The lowest BCUT2D eigenvalue weighted by Gasteiger charge is -2.26. The molecule has 2 rings (SSSR count). The van der Waals surface area contributed by atoms with Gasteiger partial charge in [0.2, 0.25) is 0 Å². The van der Waals surface area contributed by atoms with Crippen LogP contribution in [0, 0.1) is 18.6 Å². The highest BCUT2D eigenvalue weighted by Gasteiger charge is 2.17. The fourth-order valence-electron chi connectivity index (χ4n) is 2.29. The summed E-state index contributed by atoms with van der Waals surface area (Å²) in [5.41, 5.74) is 2.37. The molecule has 0 heterocycles. The van der Waals surface area contributed by atoms with Crippen molar-refractivity contribution < 1.29 is 8.78 Å². The Morgan fingerprint density at radius 1 is 1.14 bits per heavy atom. The number of nitrogens with zero attached hydrogens (tertiary/aromatic N) is 1. The number of alkyl halides is 1. The van der Waals surface area contributed by atoms with Gasteiger partial charge in [0, 0.05) is 24.3 Å². The molecule has 0 N–H and O–H groups in total. The Morgan fingerprint density at radius 2 is 1.90 bits per heavy atom. The zero-order valence-corrected chi connectivity index (χ0v) is 12.9. The van der Waals surface area contributed by atoms with E-state index in [1.165, 1.54) is 0 Å². The summed E-state index contributed by atoms with van der Waals surface area (Å²) in [6.45, 7) is 5.18. The minimum atomic E-state index is -0.610. The fraction of sp³-hybridized carbons (Fsp3) is 0.294. The van der Waals surface area contributed by atoms with Gasteiger partial charge >= 0.3 is 0 Å². The quantitative estimate of drug-likeness (QED) is 0.696. The van der Waals surface area contributed by atoms with E-state index in [1.54, 1.807) is 0 Å². The van der Waals surface area contributed by atoms with Crippen LogP contribution in [0.2, 0.25) is 0 Å². The van der Waals surface area contributed by atoms with Crippen LogP contribution in [0.25, 0.3) is 0 Å². The molecule has 0 aliphatic heterocycles. The molecular weight excluding hydrogens is 292 g/mol. The van der Waals surface area contributed by atoms with Crippen LogP contribution < -0.4 is 4.90 Å². The van der Waals surface area contributed by atoms with Crippen molar-refractivity contribution in [3.63, 3.8) is 0 Å². The summed E-state index contributed by atoms with van der Waals surface area (Å²) in [4.78, 5) is 2.05. The minimum absolute atomic E-state index is 0.197. The monoisotopic (exact) mass is 309 g/mol. The van der Waals surface area contributed by atoms with Crippen molar-refractivity contribution in [2.45, 2.75) is 19.2 Å². The lowest BCUT2D eigenvalue weighted by molar-refractivity contribution is 0.580. The third-order valence-corrected chi connectivity index (χ3v) is 3.80. The van der Waals surface area contributed by atoms with Gasteiger partial charge in [-0.05, 0) is 49.7 Å². The second-order valence-electron chi connectivity index (χ2n) is 5.01. The number of hydrogen-bond acceptors (Lipinski definition) is 1. The average molecular weight is 310 g/mol. The highest BCUT2D eigenvalue weighted by molar-refractivity contribution is 6.21. The lowest BCUT2D eigenvalue weighted by atomic mass is 10.1. The van der Waals surface area contributed by atoms with Gasteiger partial charge in [0.1, 0.15) is 11.6 Å². The van der Waals surface area contributed by atoms with Crippen LogP contribution in [0.1, 0.15) is 23.4 Å². The first kappa shape index (κ1) is 15.8. The third kappa shape index (κ3) is 3.94. The first-order valence-electron chi connectivity index (χ1n) is 6.92. The summed E-state index contributed by atoms with van der Waals surface area (Å²) in [5, 5.41) is -0.610. The summed E-state index contributed by atoms with van der Waals surface area (Å²) < 4.78 is 27.0. The number of halogens is 3. The predicted octanol–water partition coefficient (Wildman–Crippen LogP) is 5.08. The van der Waals surface area contributed by atoms with Crippen molar-refractivity contribution in [2.75, 3.05) is 18.0 Å². The molecule has 0 fully saturated rings. The number of anilines is 1. The van der Waals surface area contributed by atoms with E-state index in [0.717, 1.165) is 36.0 Å². The molecule has 0 bridgehead atoms. The Kier molecular flexibility index (Phi) is 5.18. The molecule has 0 aliphatic carbocycles. The van der Waals surface area contributed by atoms with Gasteiger partial charge in [-0.1, -0.05) is 12.1 Å². The maximum atomic E-state index is 13.8. The molecule has 0 saturated carbocycles. The van der Waals surface area contributed by atoms with Crippen LogP contribution in [0.4, 0.5) is 14.5 Å². The topological polar surface area (TPSA) is 3.24 Å². The van der Waals surface area contributed by atoms with Crippen LogP contribution in [0.5, 0.6) is 0 Å². The molecule has 0 spiro atoms. The first-order valence-corrected chi connectivity index (χ1v) is 7.35. The van der Waals surface area contributed by atoms with Gasteiger partial charge in [0.25, 0.3) is 0 Å². The molecule has 0 aliphatic rings. The Morgan fingerprint density at radius 3 is 2.57 bits per heavy atom. The molecule has 0 aromatic heterocycles. The van der Waals surface area contributed by atoms with Gasteiger partial charge in [0.05, 0.1) is 5.38 Å². The van der Waals surface area contributed by atoms with E-state index < -0.39 is 17.0 Å². The SMILES string of the molecule is CCN(CC(Cl)c1cc(F)ccc1F)c1cccc(C)c1. The number of likely N-dealkylation sites (N-methyl/N-ethyl adjacent to an activating group) is 1. The van der Waals surface area contributed by atoms with Gasteiger partial charge in [0.15, 0.2) is 0 Å². The molecule has 0 radical (unpaired) electrons. The van der Waals surface area contributed by atoms with Gasteiger partial charge in [-0.25, -0.2) is 8.78 Å². The number of aryl methyl sites for hydroxylation is 1. The minimum Gasteiger partial charge on any atom is -0.370 e. The van der Waals surface area contributed by atoms with Gasteiger partial charge in [-0.3, -0.25) is 0 Å². The smallest absolute Gasteiger partial charge is 0.128 e. The zero-order valence-electron chi connectivity index (χ0n) is 12.1. The van der Waals surface area contributed by atoms with Crippen LogP contribution in [-0.2, 0) is 0 Å². The van der Waals surface area contributed by atoms with Crippen molar-refractivity contribution in [1.29, 1.82) is 0 Å². The van der Waals surface area contributed by atoms with E-state index in [4.69, 9.17) is 11.6 Å². The molecule has 4 heteroatoms. The van der Waals surface area contributed by atoms with E-state index in [0.29, 0.717) is 6.54 Å². The van der Waals surface area contributed by atoms with Crippen molar-refractivity contribution in [3.05, 3.63) is 65.2 Å². The third-order valence-electron chi connectivity index (χ3n) is 3.42. The fourth-order valence-corrected chi connectivity index (χ4v) is 2.62. The van der Waals surface area contributed by atoms with Crippen molar-refractivity contribution in [2.24, 2.45) is 0 Å². The summed E-state index contributed by atoms with van der Waals surface area (Å²) in [6.07, 6.45) is 0. The van der Waals surface area contributed by atoms with E-state index in [1.807, 2.05) is 32.0 Å². The van der Waals surface area contributed by atoms with Gasteiger partial charge < -0.3 is 4.90 Å². The van der Waals surface area contributed by atoms with Gasteiger partial charge in [-0.15, -0.1) is 11.6 Å². The molecule has 1 unspecified atom stereocenters. The van der Waals surface area contributed by atoms with Crippen molar-refractivity contribution >= 4 is 17.3 Å². The largest absolute Gasteiger partial charge is 0.370 e. The van der Waals surface area contributed by atoms with E-state index in [9.17, 15) is 8.78 Å². The van der Waals surface area contributed by atoms with Crippen LogP contribution >= 0.6 is 11.6 Å². The molecule has 0 amide bonds. The normalized spacial score (nSPS) is 12.2. The maximum absolute atomic E-state index is 13.8. The summed E-state index contributed by atoms with van der Waals surface area (Å²) >= 11 is 6.30. The van der Waals surface area contributed by atoms with Crippen LogP contribution in [-0.4, -0.2) is 13.1 Å². The Labute approximate surface area is 129 Å². The van der Waals surface area contributed by atoms with Gasteiger partial charge in [-0.2, -0.15) is 0 Å². The second kappa shape index (κ2) is 6.90. The van der Waals surface area contributed by atoms with E-state index >= 15 is 0 Å². The molecular formula is C17H18ClF2N.